The summed E-state index contributed by atoms with van der Waals surface area (Å²) in [6.45, 7) is 0. The van der Waals surface area contributed by atoms with E-state index >= 15 is 0 Å². The molecule has 0 atom stereocenters. The molecule has 7 heteroatoms. The quantitative estimate of drug-likeness (QED) is 0.618. The van der Waals surface area contributed by atoms with Crippen molar-refractivity contribution in [3.8, 4) is 0 Å². The highest BCUT2D eigenvalue weighted by Crippen LogP contribution is 2.18. The molecule has 0 fully saturated rings. The van der Waals surface area contributed by atoms with E-state index in [4.69, 9.17) is 5.21 Å². The van der Waals surface area contributed by atoms with Gasteiger partial charge >= 0.3 is 5.97 Å². The zero-order chi connectivity index (χ0) is 12.3. The van der Waals surface area contributed by atoms with E-state index in [-0.39, 0.29) is 14.9 Å². The van der Waals surface area contributed by atoms with Gasteiger partial charge in [-0.25, -0.2) is 13.2 Å². The standard InChI is InChI=1S/C9H11NO5S/c1-10(12)16(13,14)8-6-4-3-5-7(8)9(11)15-2/h3-6,12H,1-2H3. The van der Waals surface area contributed by atoms with Gasteiger partial charge in [0.1, 0.15) is 0 Å². The minimum absolute atomic E-state index is 0.0504. The van der Waals surface area contributed by atoms with Crippen LogP contribution in [-0.2, 0) is 14.8 Å². The molecule has 16 heavy (non-hydrogen) atoms. The van der Waals surface area contributed by atoms with Crippen LogP contribution in [0, 0.1) is 0 Å². The number of sulfonamides is 1. The molecule has 1 aromatic rings. The summed E-state index contributed by atoms with van der Waals surface area (Å²) in [5.41, 5.74) is -0.120. The molecule has 0 amide bonds. The molecule has 1 rings (SSSR count). The first-order valence-corrected chi connectivity index (χ1v) is 5.70. The normalized spacial score (nSPS) is 11.5. The van der Waals surface area contributed by atoms with Gasteiger partial charge in [0.05, 0.1) is 17.6 Å². The average Bonchev–Trinajstić information content (AvgIpc) is 2.27. The van der Waals surface area contributed by atoms with E-state index < -0.39 is 16.0 Å². The van der Waals surface area contributed by atoms with Crippen LogP contribution in [-0.4, -0.2) is 38.2 Å². The van der Waals surface area contributed by atoms with E-state index in [0.29, 0.717) is 0 Å². The minimum Gasteiger partial charge on any atom is -0.465 e. The van der Waals surface area contributed by atoms with Gasteiger partial charge in [0.2, 0.25) is 0 Å². The molecule has 0 saturated heterocycles. The zero-order valence-corrected chi connectivity index (χ0v) is 9.56. The van der Waals surface area contributed by atoms with Crippen molar-refractivity contribution in [1.29, 1.82) is 0 Å². The lowest BCUT2D eigenvalue weighted by molar-refractivity contribution is 0.0308. The summed E-state index contributed by atoms with van der Waals surface area (Å²) in [5.74, 6) is -0.777. The predicted octanol–water partition coefficient (Wildman–Crippen LogP) is 0.483. The summed E-state index contributed by atoms with van der Waals surface area (Å²) in [7, 11) is -1.97. The second-order valence-electron chi connectivity index (χ2n) is 2.93. The molecule has 0 unspecified atom stereocenters. The Morgan fingerprint density at radius 2 is 1.94 bits per heavy atom. The molecule has 0 aromatic heterocycles. The molecule has 0 aliphatic rings. The van der Waals surface area contributed by atoms with Crippen LogP contribution in [0.15, 0.2) is 29.2 Å². The van der Waals surface area contributed by atoms with Crippen molar-refractivity contribution in [2.45, 2.75) is 4.90 Å². The largest absolute Gasteiger partial charge is 0.465 e. The van der Waals surface area contributed by atoms with Crippen LogP contribution in [0.2, 0.25) is 0 Å². The van der Waals surface area contributed by atoms with Crippen LogP contribution in [0.25, 0.3) is 0 Å². The molecule has 0 radical (unpaired) electrons. The van der Waals surface area contributed by atoms with Crippen LogP contribution in [0.1, 0.15) is 10.4 Å². The van der Waals surface area contributed by atoms with Gasteiger partial charge in [-0.15, -0.1) is 0 Å². The summed E-state index contributed by atoms with van der Waals surface area (Å²) in [4.78, 5) is 11.0. The Bertz CT molecular complexity index is 494. The topological polar surface area (TPSA) is 83.9 Å². The number of carbonyl (C=O) groups is 1. The van der Waals surface area contributed by atoms with E-state index in [1.807, 2.05) is 0 Å². The van der Waals surface area contributed by atoms with Crippen LogP contribution in [0.3, 0.4) is 0 Å². The molecule has 1 aromatic carbocycles. The number of benzene rings is 1. The van der Waals surface area contributed by atoms with Gasteiger partial charge in [0.25, 0.3) is 10.0 Å². The van der Waals surface area contributed by atoms with Crippen molar-refractivity contribution >= 4 is 16.0 Å². The maximum absolute atomic E-state index is 11.6. The van der Waals surface area contributed by atoms with Gasteiger partial charge < -0.3 is 4.74 Å². The lowest BCUT2D eigenvalue weighted by Crippen LogP contribution is -2.25. The highest BCUT2D eigenvalue weighted by Gasteiger charge is 2.25. The molecular weight excluding hydrogens is 234 g/mol. The summed E-state index contributed by atoms with van der Waals surface area (Å²) < 4.78 is 27.8. The van der Waals surface area contributed by atoms with Gasteiger partial charge in [-0.1, -0.05) is 16.6 Å². The molecule has 1 N–H and O–H groups in total. The number of methoxy groups -OCH3 is 1. The van der Waals surface area contributed by atoms with E-state index in [2.05, 4.69) is 4.74 Å². The van der Waals surface area contributed by atoms with Gasteiger partial charge in [-0.2, -0.15) is 0 Å². The first-order chi connectivity index (χ1) is 7.41. The van der Waals surface area contributed by atoms with Gasteiger partial charge in [-0.05, 0) is 12.1 Å². The summed E-state index contributed by atoms with van der Waals surface area (Å²) in [5, 5.41) is 9.01. The zero-order valence-electron chi connectivity index (χ0n) is 8.75. The Kier molecular flexibility index (Phi) is 3.63. The molecule has 0 bridgehead atoms. The van der Waals surface area contributed by atoms with Gasteiger partial charge in [0.15, 0.2) is 0 Å². The lowest BCUT2D eigenvalue weighted by Gasteiger charge is -2.12. The Balaban J connectivity index is 3.41. The Labute approximate surface area is 93.1 Å². The lowest BCUT2D eigenvalue weighted by atomic mass is 10.2. The Morgan fingerprint density at radius 1 is 1.38 bits per heavy atom. The maximum atomic E-state index is 11.6. The van der Waals surface area contributed by atoms with E-state index in [9.17, 15) is 13.2 Å². The fourth-order valence-corrected chi connectivity index (χ4v) is 2.08. The van der Waals surface area contributed by atoms with Gasteiger partial charge in [0, 0.05) is 7.05 Å². The minimum atomic E-state index is -4.07. The highest BCUT2D eigenvalue weighted by atomic mass is 32.2. The number of esters is 1. The van der Waals surface area contributed by atoms with Crippen molar-refractivity contribution in [2.24, 2.45) is 0 Å². The number of nitrogens with zero attached hydrogens (tertiary/aromatic N) is 1. The molecule has 0 saturated carbocycles. The van der Waals surface area contributed by atoms with Crippen LogP contribution < -0.4 is 0 Å². The van der Waals surface area contributed by atoms with Crippen LogP contribution in [0.5, 0.6) is 0 Å². The number of hydrogen-bond acceptors (Lipinski definition) is 5. The van der Waals surface area contributed by atoms with E-state index in [1.165, 1.54) is 24.3 Å². The number of rotatable bonds is 3. The summed E-state index contributed by atoms with van der Waals surface area (Å²) in [6.07, 6.45) is 0. The third kappa shape index (κ3) is 2.21. The molecule has 0 aliphatic carbocycles. The third-order valence-electron chi connectivity index (χ3n) is 1.92. The SMILES string of the molecule is COC(=O)c1ccccc1S(=O)(=O)N(C)O. The smallest absolute Gasteiger partial charge is 0.339 e. The van der Waals surface area contributed by atoms with Crippen molar-refractivity contribution in [2.75, 3.05) is 14.2 Å². The molecule has 0 spiro atoms. The third-order valence-corrected chi connectivity index (χ3v) is 3.53. The fourth-order valence-electron chi connectivity index (χ4n) is 1.11. The molecule has 6 nitrogen and oxygen atoms in total. The van der Waals surface area contributed by atoms with Crippen molar-refractivity contribution < 1.29 is 23.2 Å². The maximum Gasteiger partial charge on any atom is 0.339 e. The highest BCUT2D eigenvalue weighted by molar-refractivity contribution is 7.89. The summed E-state index contributed by atoms with van der Waals surface area (Å²) in [6, 6.07) is 5.47. The monoisotopic (exact) mass is 245 g/mol. The van der Waals surface area contributed by atoms with Crippen molar-refractivity contribution in [1.82, 2.24) is 4.47 Å². The van der Waals surface area contributed by atoms with Gasteiger partial charge in [-0.3, -0.25) is 5.21 Å². The summed E-state index contributed by atoms with van der Waals surface area (Å²) >= 11 is 0. The van der Waals surface area contributed by atoms with Crippen molar-refractivity contribution in [3.05, 3.63) is 29.8 Å². The Morgan fingerprint density at radius 3 is 2.44 bits per heavy atom. The van der Waals surface area contributed by atoms with Crippen LogP contribution >= 0.6 is 0 Å². The van der Waals surface area contributed by atoms with E-state index in [0.717, 1.165) is 14.2 Å². The van der Waals surface area contributed by atoms with Crippen molar-refractivity contribution in [3.63, 3.8) is 0 Å². The number of hydroxylamine groups is 1. The van der Waals surface area contributed by atoms with Crippen LogP contribution in [0.4, 0.5) is 0 Å². The van der Waals surface area contributed by atoms with E-state index in [1.54, 1.807) is 0 Å². The fraction of sp³-hybridized carbons (Fsp3) is 0.222. The molecule has 0 aliphatic heterocycles. The number of hydrogen-bond donors (Lipinski definition) is 1. The number of carbonyl (C=O) groups excluding carboxylic acids is 1. The average molecular weight is 245 g/mol. The molecular formula is C9H11NO5S. The first-order valence-electron chi connectivity index (χ1n) is 4.26. The second-order valence-corrected chi connectivity index (χ2v) is 4.85. The first kappa shape index (κ1) is 12.6. The molecule has 0 heterocycles. The predicted molar refractivity (Wildman–Crippen MR) is 54.5 cm³/mol. The Hall–Kier alpha value is -1.44. The number of ether oxygens (including phenoxy) is 1. The second kappa shape index (κ2) is 4.60. The molecule has 88 valence electrons.